The minimum Gasteiger partial charge on any atom is -0.490 e. The van der Waals surface area contributed by atoms with E-state index in [2.05, 4.69) is 4.99 Å². The minimum atomic E-state index is -0.492. The zero-order chi connectivity index (χ0) is 18.2. The number of aliphatic imine (C=N–C) groups is 1. The molecule has 26 heavy (non-hydrogen) atoms. The van der Waals surface area contributed by atoms with Gasteiger partial charge in [0.2, 0.25) is 0 Å². The quantitative estimate of drug-likeness (QED) is 0.702. The number of ether oxygens (including phenoxy) is 3. The van der Waals surface area contributed by atoms with E-state index in [9.17, 15) is 5.11 Å². The molecule has 0 fully saturated rings. The summed E-state index contributed by atoms with van der Waals surface area (Å²) in [5.74, 6) is 2.32. The van der Waals surface area contributed by atoms with Crippen LogP contribution in [0.3, 0.4) is 0 Å². The summed E-state index contributed by atoms with van der Waals surface area (Å²) in [6, 6.07) is 17.7. The third-order valence-electron chi connectivity index (χ3n) is 4.41. The third-order valence-corrected chi connectivity index (χ3v) is 4.41. The van der Waals surface area contributed by atoms with Gasteiger partial charge in [-0.1, -0.05) is 30.3 Å². The van der Waals surface area contributed by atoms with E-state index in [4.69, 9.17) is 14.2 Å². The lowest BCUT2D eigenvalue weighted by atomic mass is 9.94. The Balaban J connectivity index is 1.42. The first-order valence-corrected chi connectivity index (χ1v) is 8.89. The Morgan fingerprint density at radius 1 is 1.00 bits per heavy atom. The summed E-state index contributed by atoms with van der Waals surface area (Å²) in [7, 11) is 0. The summed E-state index contributed by atoms with van der Waals surface area (Å²) >= 11 is 0. The normalized spacial score (nSPS) is 18.9. The van der Waals surface area contributed by atoms with Crippen LogP contribution in [0.15, 0.2) is 59.6 Å². The fourth-order valence-corrected chi connectivity index (χ4v) is 2.89. The fourth-order valence-electron chi connectivity index (χ4n) is 2.89. The van der Waals surface area contributed by atoms with Crippen molar-refractivity contribution in [1.29, 1.82) is 0 Å². The summed E-state index contributed by atoms with van der Waals surface area (Å²) in [5.41, 5.74) is 0.694. The second-order valence-electron chi connectivity index (χ2n) is 6.46. The Morgan fingerprint density at radius 2 is 1.65 bits per heavy atom. The first kappa shape index (κ1) is 18.3. The predicted molar refractivity (Wildman–Crippen MR) is 101 cm³/mol. The van der Waals surface area contributed by atoms with Gasteiger partial charge in [-0.3, -0.25) is 0 Å². The molecule has 5 heteroatoms. The zero-order valence-electron chi connectivity index (χ0n) is 15.1. The van der Waals surface area contributed by atoms with Crippen LogP contribution in [0.5, 0.6) is 11.5 Å². The SMILES string of the molecule is CC1=NC(CO)(CCc2ccc(OCCOc3ccccc3)cc2)CO1. The van der Waals surface area contributed by atoms with E-state index in [0.717, 1.165) is 24.3 Å². The number of hydrogen-bond acceptors (Lipinski definition) is 5. The molecule has 1 aliphatic heterocycles. The molecule has 0 aromatic heterocycles. The highest BCUT2D eigenvalue weighted by molar-refractivity contribution is 5.75. The van der Waals surface area contributed by atoms with E-state index in [1.165, 1.54) is 5.56 Å². The first-order chi connectivity index (χ1) is 12.7. The molecule has 1 unspecified atom stereocenters. The van der Waals surface area contributed by atoms with Gasteiger partial charge in [-0.15, -0.1) is 0 Å². The van der Waals surface area contributed by atoms with Crippen molar-refractivity contribution in [3.05, 3.63) is 60.2 Å². The molecular formula is C21H25NO4. The van der Waals surface area contributed by atoms with Crippen molar-refractivity contribution in [2.75, 3.05) is 26.4 Å². The molecule has 0 amide bonds. The van der Waals surface area contributed by atoms with Crippen LogP contribution in [0.2, 0.25) is 0 Å². The average molecular weight is 355 g/mol. The van der Waals surface area contributed by atoms with Crippen molar-refractivity contribution >= 4 is 5.90 Å². The van der Waals surface area contributed by atoms with Gasteiger partial charge in [0.05, 0.1) is 6.61 Å². The maximum atomic E-state index is 9.64. The van der Waals surface area contributed by atoms with Crippen LogP contribution in [0.1, 0.15) is 18.9 Å². The largest absolute Gasteiger partial charge is 0.490 e. The highest BCUT2D eigenvalue weighted by Gasteiger charge is 2.34. The van der Waals surface area contributed by atoms with Gasteiger partial charge in [-0.25, -0.2) is 4.99 Å². The number of rotatable bonds is 9. The lowest BCUT2D eigenvalue weighted by Crippen LogP contribution is -2.33. The summed E-state index contributed by atoms with van der Waals surface area (Å²) in [5, 5.41) is 9.64. The van der Waals surface area contributed by atoms with Crippen molar-refractivity contribution in [1.82, 2.24) is 0 Å². The zero-order valence-corrected chi connectivity index (χ0v) is 15.1. The number of benzene rings is 2. The van der Waals surface area contributed by atoms with E-state index < -0.39 is 5.54 Å². The monoisotopic (exact) mass is 355 g/mol. The van der Waals surface area contributed by atoms with Crippen LogP contribution in [0.25, 0.3) is 0 Å². The predicted octanol–water partition coefficient (Wildman–Crippen LogP) is 3.26. The third kappa shape index (κ3) is 4.99. The number of aliphatic hydroxyl groups is 1. The lowest BCUT2D eigenvalue weighted by Gasteiger charge is -2.21. The van der Waals surface area contributed by atoms with Gasteiger partial charge in [0, 0.05) is 6.92 Å². The van der Waals surface area contributed by atoms with Crippen molar-refractivity contribution in [2.45, 2.75) is 25.3 Å². The molecule has 5 nitrogen and oxygen atoms in total. The minimum absolute atomic E-state index is 0.00689. The highest BCUT2D eigenvalue weighted by atomic mass is 16.5. The van der Waals surface area contributed by atoms with Crippen molar-refractivity contribution in [2.24, 2.45) is 4.99 Å². The molecule has 2 aromatic carbocycles. The van der Waals surface area contributed by atoms with Crippen molar-refractivity contribution in [3.63, 3.8) is 0 Å². The lowest BCUT2D eigenvalue weighted by molar-refractivity contribution is 0.150. The molecule has 0 saturated carbocycles. The van der Waals surface area contributed by atoms with Crippen LogP contribution < -0.4 is 9.47 Å². The summed E-state index contributed by atoms with van der Waals surface area (Å²) in [4.78, 5) is 4.45. The molecule has 1 atom stereocenters. The van der Waals surface area contributed by atoms with Crippen LogP contribution in [0.4, 0.5) is 0 Å². The van der Waals surface area contributed by atoms with Gasteiger partial charge >= 0.3 is 0 Å². The van der Waals surface area contributed by atoms with Crippen molar-refractivity contribution in [3.8, 4) is 11.5 Å². The van der Waals surface area contributed by atoms with Crippen LogP contribution in [0, 0.1) is 0 Å². The highest BCUT2D eigenvalue weighted by Crippen LogP contribution is 2.25. The van der Waals surface area contributed by atoms with Crippen LogP contribution >= 0.6 is 0 Å². The molecule has 2 aromatic rings. The Kier molecular flexibility index (Phi) is 6.12. The molecule has 0 bridgehead atoms. The van der Waals surface area contributed by atoms with Crippen LogP contribution in [-0.2, 0) is 11.2 Å². The molecule has 138 valence electrons. The van der Waals surface area contributed by atoms with Gasteiger partial charge in [-0.05, 0) is 42.7 Å². The maximum absolute atomic E-state index is 9.64. The number of para-hydroxylation sites is 1. The number of nitrogens with zero attached hydrogens (tertiary/aromatic N) is 1. The average Bonchev–Trinajstić information content (AvgIpc) is 3.07. The Labute approximate surface area is 154 Å². The van der Waals surface area contributed by atoms with E-state index in [1.54, 1.807) is 0 Å². The van der Waals surface area contributed by atoms with E-state index in [-0.39, 0.29) is 6.61 Å². The van der Waals surface area contributed by atoms with E-state index in [1.807, 2.05) is 61.5 Å². The number of aryl methyl sites for hydroxylation is 1. The second-order valence-corrected chi connectivity index (χ2v) is 6.46. The maximum Gasteiger partial charge on any atom is 0.180 e. The smallest absolute Gasteiger partial charge is 0.180 e. The molecular weight excluding hydrogens is 330 g/mol. The summed E-state index contributed by atoms with van der Waals surface area (Å²) in [6.45, 7) is 3.28. The molecule has 0 spiro atoms. The second kappa shape index (κ2) is 8.72. The first-order valence-electron chi connectivity index (χ1n) is 8.89. The van der Waals surface area contributed by atoms with Gasteiger partial charge in [0.25, 0.3) is 0 Å². The van der Waals surface area contributed by atoms with Crippen molar-refractivity contribution < 1.29 is 19.3 Å². The number of aliphatic hydroxyl groups excluding tert-OH is 1. The molecule has 0 radical (unpaired) electrons. The summed E-state index contributed by atoms with van der Waals surface area (Å²) in [6.07, 6.45) is 1.59. The molecule has 3 rings (SSSR count). The molecule has 1 N–H and O–H groups in total. The molecule has 0 saturated heterocycles. The Bertz CT molecular complexity index is 715. The van der Waals surface area contributed by atoms with E-state index >= 15 is 0 Å². The van der Waals surface area contributed by atoms with Gasteiger partial charge in [-0.2, -0.15) is 0 Å². The number of hydrogen-bond donors (Lipinski definition) is 1. The molecule has 1 heterocycles. The Hall–Kier alpha value is -2.53. The van der Waals surface area contributed by atoms with Gasteiger partial charge in [0.15, 0.2) is 5.90 Å². The van der Waals surface area contributed by atoms with E-state index in [0.29, 0.717) is 25.7 Å². The van der Waals surface area contributed by atoms with Gasteiger partial charge in [0.1, 0.15) is 36.9 Å². The standard InChI is InChI=1S/C21H25NO4/c1-17-22-21(15-23,16-26-17)12-11-18-7-9-20(10-8-18)25-14-13-24-19-5-3-2-4-6-19/h2-10,23H,11-16H2,1H3. The molecule has 0 aliphatic carbocycles. The van der Waals surface area contributed by atoms with Crippen LogP contribution in [-0.4, -0.2) is 43.0 Å². The topological polar surface area (TPSA) is 60.3 Å². The molecule has 1 aliphatic rings. The van der Waals surface area contributed by atoms with Gasteiger partial charge < -0.3 is 19.3 Å². The fraction of sp³-hybridized carbons (Fsp3) is 0.381. The Morgan fingerprint density at radius 3 is 2.23 bits per heavy atom. The summed E-state index contributed by atoms with van der Waals surface area (Å²) < 4.78 is 16.7.